The highest BCUT2D eigenvalue weighted by Crippen LogP contribution is 2.27. The molecule has 1 aliphatic rings. The van der Waals surface area contributed by atoms with Crippen molar-refractivity contribution in [1.29, 1.82) is 0 Å². The van der Waals surface area contributed by atoms with Gasteiger partial charge in [-0.05, 0) is 44.7 Å². The van der Waals surface area contributed by atoms with Crippen molar-refractivity contribution in [3.05, 3.63) is 35.4 Å². The Morgan fingerprint density at radius 3 is 2.21 bits per heavy atom. The third-order valence-electron chi connectivity index (χ3n) is 3.58. The first-order valence-corrected chi connectivity index (χ1v) is 6.56. The van der Waals surface area contributed by atoms with Crippen LogP contribution in [0.15, 0.2) is 24.3 Å². The number of aryl methyl sites for hydroxylation is 1. The summed E-state index contributed by atoms with van der Waals surface area (Å²) in [6.45, 7) is 1.96. The fraction of sp³-hybridized carbons (Fsp3) is 0.467. The molecule has 0 amide bonds. The van der Waals surface area contributed by atoms with Gasteiger partial charge in [0.1, 0.15) is 6.10 Å². The summed E-state index contributed by atoms with van der Waals surface area (Å²) in [6.07, 6.45) is 2.29. The zero-order valence-electron chi connectivity index (χ0n) is 11.0. The van der Waals surface area contributed by atoms with Crippen molar-refractivity contribution in [2.24, 2.45) is 5.92 Å². The molecular formula is C15H18O4. The molecule has 0 unspecified atom stereocenters. The predicted octanol–water partition coefficient (Wildman–Crippen LogP) is 2.80. The van der Waals surface area contributed by atoms with Gasteiger partial charge in [0, 0.05) is 0 Å². The molecule has 1 saturated carbocycles. The van der Waals surface area contributed by atoms with Crippen molar-refractivity contribution in [3.8, 4) is 0 Å². The third kappa shape index (κ3) is 3.56. The maximum absolute atomic E-state index is 11.9. The number of hydrogen-bond donors (Lipinski definition) is 1. The Balaban J connectivity index is 1.87. The lowest BCUT2D eigenvalue weighted by Gasteiger charge is -2.25. The average Bonchev–Trinajstić information content (AvgIpc) is 2.40. The first kappa shape index (κ1) is 13.6. The van der Waals surface area contributed by atoms with Crippen LogP contribution in [0.25, 0.3) is 0 Å². The summed E-state index contributed by atoms with van der Waals surface area (Å²) in [4.78, 5) is 22.7. The summed E-state index contributed by atoms with van der Waals surface area (Å²) in [7, 11) is 0. The lowest BCUT2D eigenvalue weighted by molar-refractivity contribution is -0.143. The molecule has 1 N–H and O–H groups in total. The number of carboxylic acid groups (broad SMARTS) is 1. The maximum atomic E-state index is 11.9. The van der Waals surface area contributed by atoms with Gasteiger partial charge in [-0.15, -0.1) is 0 Å². The van der Waals surface area contributed by atoms with Crippen LogP contribution in [0.1, 0.15) is 41.6 Å². The minimum atomic E-state index is -0.747. The van der Waals surface area contributed by atoms with E-state index in [-0.39, 0.29) is 18.0 Å². The Labute approximate surface area is 112 Å². The van der Waals surface area contributed by atoms with Crippen LogP contribution in [0.4, 0.5) is 0 Å². The molecule has 4 heteroatoms. The van der Waals surface area contributed by atoms with E-state index in [1.165, 1.54) is 0 Å². The summed E-state index contributed by atoms with van der Waals surface area (Å²) in [5.41, 5.74) is 1.64. The highest BCUT2D eigenvalue weighted by Gasteiger charge is 2.28. The number of benzene rings is 1. The van der Waals surface area contributed by atoms with Crippen LogP contribution in [0.3, 0.4) is 0 Å². The van der Waals surface area contributed by atoms with Gasteiger partial charge < -0.3 is 9.84 Å². The largest absolute Gasteiger partial charge is 0.481 e. The van der Waals surface area contributed by atoms with Crippen LogP contribution in [-0.2, 0) is 9.53 Å². The average molecular weight is 262 g/mol. The standard InChI is InChI=1S/C15H18O4/c1-10-2-4-12(5-3-10)15(18)19-13-8-6-11(7-9-13)14(16)17/h2-5,11,13H,6-9H2,1H3,(H,16,17). The van der Waals surface area contributed by atoms with Gasteiger partial charge in [-0.1, -0.05) is 17.7 Å². The van der Waals surface area contributed by atoms with E-state index in [0.717, 1.165) is 5.56 Å². The van der Waals surface area contributed by atoms with E-state index < -0.39 is 5.97 Å². The Morgan fingerprint density at radius 2 is 1.68 bits per heavy atom. The molecule has 0 bridgehead atoms. The van der Waals surface area contributed by atoms with E-state index in [2.05, 4.69) is 0 Å². The molecule has 1 aliphatic carbocycles. The minimum Gasteiger partial charge on any atom is -0.481 e. The minimum absolute atomic E-state index is 0.149. The zero-order chi connectivity index (χ0) is 13.8. The van der Waals surface area contributed by atoms with Gasteiger partial charge in [0.05, 0.1) is 11.5 Å². The van der Waals surface area contributed by atoms with Crippen molar-refractivity contribution in [1.82, 2.24) is 0 Å². The SMILES string of the molecule is Cc1ccc(C(=O)OC2CCC(C(=O)O)CC2)cc1. The molecule has 1 fully saturated rings. The van der Waals surface area contributed by atoms with E-state index in [1.807, 2.05) is 19.1 Å². The molecule has 0 radical (unpaired) electrons. The Hall–Kier alpha value is -1.84. The fourth-order valence-electron chi connectivity index (χ4n) is 2.34. The monoisotopic (exact) mass is 262 g/mol. The number of carboxylic acids is 1. The quantitative estimate of drug-likeness (QED) is 0.851. The van der Waals surface area contributed by atoms with Crippen molar-refractivity contribution >= 4 is 11.9 Å². The van der Waals surface area contributed by atoms with E-state index >= 15 is 0 Å². The van der Waals surface area contributed by atoms with Gasteiger partial charge in [-0.2, -0.15) is 0 Å². The molecule has 0 saturated heterocycles. The smallest absolute Gasteiger partial charge is 0.338 e. The number of aliphatic carboxylic acids is 1. The van der Waals surface area contributed by atoms with Crippen molar-refractivity contribution in [2.45, 2.75) is 38.7 Å². The van der Waals surface area contributed by atoms with Crippen LogP contribution >= 0.6 is 0 Å². The molecule has 0 aromatic heterocycles. The maximum Gasteiger partial charge on any atom is 0.338 e. The van der Waals surface area contributed by atoms with Crippen LogP contribution < -0.4 is 0 Å². The number of hydrogen-bond acceptors (Lipinski definition) is 3. The first-order valence-electron chi connectivity index (χ1n) is 6.56. The molecule has 2 rings (SSSR count). The lowest BCUT2D eigenvalue weighted by atomic mass is 9.87. The first-order chi connectivity index (χ1) is 9.06. The fourth-order valence-corrected chi connectivity index (χ4v) is 2.34. The molecule has 102 valence electrons. The van der Waals surface area contributed by atoms with Crippen LogP contribution in [0, 0.1) is 12.8 Å². The number of ether oxygens (including phenoxy) is 1. The van der Waals surface area contributed by atoms with Gasteiger partial charge in [-0.3, -0.25) is 4.79 Å². The van der Waals surface area contributed by atoms with Crippen LogP contribution in [-0.4, -0.2) is 23.1 Å². The molecular weight excluding hydrogens is 244 g/mol. The molecule has 1 aromatic rings. The summed E-state index contributed by atoms with van der Waals surface area (Å²) in [5.74, 6) is -1.35. The Kier molecular flexibility index (Phi) is 4.20. The normalized spacial score (nSPS) is 22.8. The number of rotatable bonds is 3. The van der Waals surface area contributed by atoms with Gasteiger partial charge in [-0.25, -0.2) is 4.79 Å². The van der Waals surface area contributed by atoms with Crippen LogP contribution in [0.2, 0.25) is 0 Å². The Bertz CT molecular complexity index is 456. The number of esters is 1. The molecule has 0 heterocycles. The lowest BCUT2D eigenvalue weighted by Crippen LogP contribution is -2.27. The van der Waals surface area contributed by atoms with E-state index in [4.69, 9.17) is 9.84 Å². The molecule has 19 heavy (non-hydrogen) atoms. The zero-order valence-corrected chi connectivity index (χ0v) is 11.0. The Morgan fingerprint density at radius 1 is 1.11 bits per heavy atom. The van der Waals surface area contributed by atoms with Crippen molar-refractivity contribution in [2.75, 3.05) is 0 Å². The second-order valence-electron chi connectivity index (χ2n) is 5.08. The highest BCUT2D eigenvalue weighted by atomic mass is 16.5. The molecule has 0 spiro atoms. The number of carbonyl (C=O) groups is 2. The van der Waals surface area contributed by atoms with E-state index in [0.29, 0.717) is 31.2 Å². The van der Waals surface area contributed by atoms with Gasteiger partial charge in [0.25, 0.3) is 0 Å². The van der Waals surface area contributed by atoms with Gasteiger partial charge in [0.15, 0.2) is 0 Å². The molecule has 0 atom stereocenters. The molecule has 0 aliphatic heterocycles. The van der Waals surface area contributed by atoms with Gasteiger partial charge >= 0.3 is 11.9 Å². The van der Waals surface area contributed by atoms with Gasteiger partial charge in [0.2, 0.25) is 0 Å². The topological polar surface area (TPSA) is 63.6 Å². The van der Waals surface area contributed by atoms with E-state index in [1.54, 1.807) is 12.1 Å². The van der Waals surface area contributed by atoms with Crippen molar-refractivity contribution < 1.29 is 19.4 Å². The number of carbonyl (C=O) groups excluding carboxylic acids is 1. The predicted molar refractivity (Wildman–Crippen MR) is 70.0 cm³/mol. The van der Waals surface area contributed by atoms with E-state index in [9.17, 15) is 9.59 Å². The van der Waals surface area contributed by atoms with Crippen LogP contribution in [0.5, 0.6) is 0 Å². The second-order valence-corrected chi connectivity index (χ2v) is 5.08. The molecule has 1 aromatic carbocycles. The summed E-state index contributed by atoms with van der Waals surface area (Å²) in [5, 5.41) is 8.90. The summed E-state index contributed by atoms with van der Waals surface area (Å²) >= 11 is 0. The summed E-state index contributed by atoms with van der Waals surface area (Å²) < 4.78 is 5.41. The highest BCUT2D eigenvalue weighted by molar-refractivity contribution is 5.89. The second kappa shape index (κ2) is 5.87. The third-order valence-corrected chi connectivity index (χ3v) is 3.58. The summed E-state index contributed by atoms with van der Waals surface area (Å²) in [6, 6.07) is 7.25. The van der Waals surface area contributed by atoms with Crippen molar-refractivity contribution in [3.63, 3.8) is 0 Å². The molecule has 4 nitrogen and oxygen atoms in total.